The van der Waals surface area contributed by atoms with Gasteiger partial charge in [0.1, 0.15) is 10.8 Å². The van der Waals surface area contributed by atoms with Gasteiger partial charge >= 0.3 is 0 Å². The van der Waals surface area contributed by atoms with E-state index in [0.717, 1.165) is 16.7 Å². The van der Waals surface area contributed by atoms with Crippen LogP contribution in [0.1, 0.15) is 5.56 Å². The third-order valence-electron chi connectivity index (χ3n) is 1.74. The summed E-state index contributed by atoms with van der Waals surface area (Å²) < 4.78 is 5.08. The summed E-state index contributed by atoms with van der Waals surface area (Å²) in [4.78, 5) is 4.36. The third-order valence-corrected chi connectivity index (χ3v) is 3.75. The van der Waals surface area contributed by atoms with Crippen molar-refractivity contribution in [2.45, 2.75) is 0 Å². The predicted molar refractivity (Wildman–Crippen MR) is 59.6 cm³/mol. The number of benzene rings is 1. The number of methoxy groups -OCH3 is 1. The first-order chi connectivity index (χ1) is 6.40. The van der Waals surface area contributed by atoms with Crippen molar-refractivity contribution in [3.05, 3.63) is 29.8 Å². The fourth-order valence-electron chi connectivity index (χ4n) is 1.07. The Morgan fingerprint density at radius 1 is 1.31 bits per heavy atom. The second-order valence-corrected chi connectivity index (χ2v) is 4.78. The highest BCUT2D eigenvalue weighted by molar-refractivity contribution is 8.82. The van der Waals surface area contributed by atoms with Crippen LogP contribution in [-0.4, -0.2) is 18.0 Å². The molecule has 0 amide bonds. The molecule has 13 heavy (non-hydrogen) atoms. The van der Waals surface area contributed by atoms with Crippen LogP contribution in [0.2, 0.25) is 0 Å². The van der Waals surface area contributed by atoms with Gasteiger partial charge in [0, 0.05) is 5.56 Å². The molecule has 0 N–H and O–H groups in total. The highest BCUT2D eigenvalue weighted by Crippen LogP contribution is 2.33. The number of hydrogen-bond donors (Lipinski definition) is 0. The van der Waals surface area contributed by atoms with Gasteiger partial charge in [-0.2, -0.15) is 0 Å². The Bertz CT molecular complexity index is 321. The molecule has 0 fully saturated rings. The van der Waals surface area contributed by atoms with E-state index >= 15 is 0 Å². The summed E-state index contributed by atoms with van der Waals surface area (Å²) in [5.74, 6) is 1.76. The van der Waals surface area contributed by atoms with Crippen molar-refractivity contribution in [1.29, 1.82) is 0 Å². The lowest BCUT2D eigenvalue weighted by atomic mass is 10.2. The molecule has 2 rings (SSSR count). The molecule has 0 spiro atoms. The Balaban J connectivity index is 2.22. The van der Waals surface area contributed by atoms with Gasteiger partial charge in [-0.1, -0.05) is 10.8 Å². The smallest absolute Gasteiger partial charge is 0.118 e. The third kappa shape index (κ3) is 2.00. The van der Waals surface area contributed by atoms with Crippen LogP contribution in [0, 0.1) is 0 Å². The van der Waals surface area contributed by atoms with Crippen molar-refractivity contribution in [3.8, 4) is 5.75 Å². The zero-order valence-electron chi connectivity index (χ0n) is 7.19. The molecule has 2 nitrogen and oxygen atoms in total. The molecule has 1 heterocycles. The van der Waals surface area contributed by atoms with E-state index in [1.807, 2.05) is 24.3 Å². The Hall–Kier alpha value is -0.610. The number of hydrogen-bond acceptors (Lipinski definition) is 4. The summed E-state index contributed by atoms with van der Waals surface area (Å²) in [6.45, 7) is 0. The summed E-state index contributed by atoms with van der Waals surface area (Å²) in [5, 5.41) is 1.12. The van der Waals surface area contributed by atoms with Gasteiger partial charge in [-0.25, -0.2) is 0 Å². The Morgan fingerprint density at radius 2 is 2.08 bits per heavy atom. The molecular weight excluding hydrogens is 202 g/mol. The molecule has 0 bridgehead atoms. The first-order valence-corrected chi connectivity index (χ1v) is 6.20. The van der Waals surface area contributed by atoms with Crippen LogP contribution in [0.5, 0.6) is 5.75 Å². The zero-order chi connectivity index (χ0) is 9.10. The van der Waals surface area contributed by atoms with E-state index in [2.05, 4.69) is 4.99 Å². The molecule has 0 saturated heterocycles. The average molecular weight is 211 g/mol. The van der Waals surface area contributed by atoms with Crippen molar-refractivity contribution in [2.75, 3.05) is 13.0 Å². The number of aliphatic imine (C=N–C) groups is 1. The molecule has 1 aromatic carbocycles. The minimum Gasteiger partial charge on any atom is -0.497 e. The molecule has 0 radical (unpaired) electrons. The zero-order valence-corrected chi connectivity index (χ0v) is 8.82. The lowest BCUT2D eigenvalue weighted by Gasteiger charge is -2.01. The molecule has 0 atom stereocenters. The summed E-state index contributed by atoms with van der Waals surface area (Å²) in [5.41, 5.74) is 1.18. The van der Waals surface area contributed by atoms with Crippen molar-refractivity contribution in [1.82, 2.24) is 0 Å². The molecule has 0 unspecified atom stereocenters. The standard InChI is InChI=1S/C9H9NOS2/c1-11-8-4-2-7(3-5-8)9-10-6-12-13-9/h2-5H,6H2,1H3. The molecule has 68 valence electrons. The largest absolute Gasteiger partial charge is 0.497 e. The van der Waals surface area contributed by atoms with Gasteiger partial charge in [-0.15, -0.1) is 0 Å². The maximum Gasteiger partial charge on any atom is 0.118 e. The first kappa shape index (κ1) is 8.97. The maximum absolute atomic E-state index is 5.08. The normalized spacial score (nSPS) is 15.6. The van der Waals surface area contributed by atoms with Crippen molar-refractivity contribution >= 4 is 26.6 Å². The monoisotopic (exact) mass is 211 g/mol. The first-order valence-electron chi connectivity index (χ1n) is 3.88. The SMILES string of the molecule is COc1ccc(C2=NCSS2)cc1. The van der Waals surface area contributed by atoms with Gasteiger partial charge in [-0.05, 0) is 35.1 Å². The summed E-state index contributed by atoms with van der Waals surface area (Å²) in [6, 6.07) is 8.00. The van der Waals surface area contributed by atoms with Crippen LogP contribution < -0.4 is 4.74 Å². The van der Waals surface area contributed by atoms with Crippen LogP contribution in [0.15, 0.2) is 29.3 Å². The number of rotatable bonds is 2. The second kappa shape index (κ2) is 4.07. The maximum atomic E-state index is 5.08. The Kier molecular flexibility index (Phi) is 2.80. The summed E-state index contributed by atoms with van der Waals surface area (Å²) >= 11 is 0. The van der Waals surface area contributed by atoms with E-state index in [1.54, 1.807) is 28.7 Å². The molecule has 1 aliphatic heterocycles. The van der Waals surface area contributed by atoms with Gasteiger partial charge < -0.3 is 4.74 Å². The van der Waals surface area contributed by atoms with Crippen LogP contribution >= 0.6 is 21.6 Å². The minimum atomic E-state index is 0.867. The van der Waals surface area contributed by atoms with Gasteiger partial charge in [0.2, 0.25) is 0 Å². The minimum absolute atomic E-state index is 0.867. The summed E-state index contributed by atoms with van der Waals surface area (Å²) in [6.07, 6.45) is 0. The van der Waals surface area contributed by atoms with Crippen LogP contribution in [-0.2, 0) is 0 Å². The van der Waals surface area contributed by atoms with E-state index in [-0.39, 0.29) is 0 Å². The molecule has 1 aromatic rings. The van der Waals surface area contributed by atoms with E-state index in [9.17, 15) is 0 Å². The Labute approximate surface area is 85.2 Å². The summed E-state index contributed by atoms with van der Waals surface area (Å²) in [7, 11) is 5.18. The van der Waals surface area contributed by atoms with Crippen molar-refractivity contribution in [2.24, 2.45) is 4.99 Å². The lowest BCUT2D eigenvalue weighted by Crippen LogP contribution is -1.91. The number of ether oxygens (including phenoxy) is 1. The molecule has 4 heteroatoms. The highest BCUT2D eigenvalue weighted by atomic mass is 33.1. The predicted octanol–water partition coefficient (Wildman–Crippen LogP) is 2.79. The van der Waals surface area contributed by atoms with Crippen LogP contribution in [0.25, 0.3) is 0 Å². The fourth-order valence-corrected chi connectivity index (χ4v) is 2.94. The highest BCUT2D eigenvalue weighted by Gasteiger charge is 2.09. The second-order valence-electron chi connectivity index (χ2n) is 2.52. The van der Waals surface area contributed by atoms with Gasteiger partial charge in [-0.3, -0.25) is 4.99 Å². The van der Waals surface area contributed by atoms with Gasteiger partial charge in [0.05, 0.1) is 13.0 Å². The van der Waals surface area contributed by atoms with Crippen LogP contribution in [0.4, 0.5) is 0 Å². The average Bonchev–Trinajstić information content (AvgIpc) is 2.71. The van der Waals surface area contributed by atoms with Crippen LogP contribution in [0.3, 0.4) is 0 Å². The van der Waals surface area contributed by atoms with E-state index in [0.29, 0.717) is 0 Å². The fraction of sp³-hybridized carbons (Fsp3) is 0.222. The number of nitrogens with zero attached hydrogens (tertiary/aromatic N) is 1. The molecular formula is C9H9NOS2. The molecule has 1 aliphatic rings. The van der Waals surface area contributed by atoms with Crippen molar-refractivity contribution in [3.63, 3.8) is 0 Å². The van der Waals surface area contributed by atoms with Gasteiger partial charge in [0.25, 0.3) is 0 Å². The molecule has 0 saturated carbocycles. The lowest BCUT2D eigenvalue weighted by molar-refractivity contribution is 0.415. The molecule has 0 aromatic heterocycles. The van der Waals surface area contributed by atoms with E-state index in [1.165, 1.54) is 5.56 Å². The van der Waals surface area contributed by atoms with E-state index in [4.69, 9.17) is 4.74 Å². The van der Waals surface area contributed by atoms with E-state index < -0.39 is 0 Å². The quantitative estimate of drug-likeness (QED) is 0.702. The van der Waals surface area contributed by atoms with Crippen molar-refractivity contribution < 1.29 is 4.74 Å². The topological polar surface area (TPSA) is 21.6 Å². The van der Waals surface area contributed by atoms with Gasteiger partial charge in [0.15, 0.2) is 0 Å². The Morgan fingerprint density at radius 3 is 2.62 bits per heavy atom. The molecule has 0 aliphatic carbocycles.